The van der Waals surface area contributed by atoms with Gasteiger partial charge in [-0.15, -0.1) is 0 Å². The zero-order valence-electron chi connectivity index (χ0n) is 19.1. The first-order valence-electron chi connectivity index (χ1n) is 11.7. The minimum absolute atomic E-state index is 0.375. The Morgan fingerprint density at radius 1 is 0.793 bits per heavy atom. The van der Waals surface area contributed by atoms with E-state index >= 15 is 0 Å². The molecule has 0 radical (unpaired) electrons. The lowest BCUT2D eigenvalue weighted by Gasteiger charge is -2.11. The Kier molecular flexibility index (Phi) is 15.0. The van der Waals surface area contributed by atoms with Gasteiger partial charge in [0, 0.05) is 18.3 Å². The number of carbonyl (C=O) groups is 1. The van der Waals surface area contributed by atoms with Crippen molar-refractivity contribution >= 4 is 11.7 Å². The maximum atomic E-state index is 11.7. The molecule has 0 aliphatic heterocycles. The molecule has 0 bridgehead atoms. The van der Waals surface area contributed by atoms with Gasteiger partial charge >= 0.3 is 5.97 Å². The molecule has 29 heavy (non-hydrogen) atoms. The van der Waals surface area contributed by atoms with Crippen LogP contribution in [-0.2, 0) is 4.74 Å². The number of rotatable bonds is 18. The zero-order chi connectivity index (χ0) is 21.2. The molecule has 4 heteroatoms. The number of esters is 1. The first-order chi connectivity index (χ1) is 14.2. The molecule has 166 valence electrons. The van der Waals surface area contributed by atoms with Crippen LogP contribution in [0, 0.1) is 0 Å². The maximum absolute atomic E-state index is 11.7. The summed E-state index contributed by atoms with van der Waals surface area (Å²) in [4.78, 5) is 11.7. The molecule has 0 fully saturated rings. The second kappa shape index (κ2) is 17.2. The smallest absolute Gasteiger partial charge is 0.341 e. The molecule has 0 aromatic heterocycles. The molecule has 0 saturated carbocycles. The summed E-state index contributed by atoms with van der Waals surface area (Å²) >= 11 is 0. The van der Waals surface area contributed by atoms with E-state index in [2.05, 4.69) is 12.2 Å². The number of carbonyl (C=O) groups excluding carboxylic acids is 1. The Labute approximate surface area is 178 Å². The highest BCUT2D eigenvalue weighted by molar-refractivity contribution is 5.93. The van der Waals surface area contributed by atoms with Crippen molar-refractivity contribution in [3.8, 4) is 5.75 Å². The molecular formula is C25H43NO3. The van der Waals surface area contributed by atoms with Gasteiger partial charge in [0.2, 0.25) is 0 Å². The Morgan fingerprint density at radius 2 is 1.31 bits per heavy atom. The summed E-state index contributed by atoms with van der Waals surface area (Å²) in [6.07, 6.45) is 19.2. The molecule has 0 amide bonds. The van der Waals surface area contributed by atoms with E-state index in [0.717, 1.165) is 12.2 Å². The average molecular weight is 406 g/mol. The molecule has 1 aromatic rings. The maximum Gasteiger partial charge on any atom is 0.341 e. The lowest BCUT2D eigenvalue weighted by Crippen LogP contribution is -2.06. The Bertz CT molecular complexity index is 545. The first kappa shape index (κ1) is 25.3. The van der Waals surface area contributed by atoms with Gasteiger partial charge in [0.15, 0.2) is 0 Å². The predicted molar refractivity (Wildman–Crippen MR) is 123 cm³/mol. The van der Waals surface area contributed by atoms with Gasteiger partial charge in [0.25, 0.3) is 0 Å². The van der Waals surface area contributed by atoms with Crippen molar-refractivity contribution < 1.29 is 14.3 Å². The molecule has 0 saturated heterocycles. The number of ether oxygens (including phenoxy) is 2. The fourth-order valence-electron chi connectivity index (χ4n) is 3.63. The topological polar surface area (TPSA) is 47.6 Å². The van der Waals surface area contributed by atoms with Crippen LogP contribution in [0.5, 0.6) is 5.75 Å². The first-order valence-corrected chi connectivity index (χ1v) is 11.7. The molecule has 0 unspecified atom stereocenters. The van der Waals surface area contributed by atoms with Crippen LogP contribution in [0.4, 0.5) is 5.69 Å². The van der Waals surface area contributed by atoms with Crippen molar-refractivity contribution in [3.63, 3.8) is 0 Å². The summed E-state index contributed by atoms with van der Waals surface area (Å²) < 4.78 is 10.1. The van der Waals surface area contributed by atoms with E-state index < -0.39 is 0 Å². The number of anilines is 1. The fraction of sp³-hybridized carbons (Fsp3) is 0.720. The van der Waals surface area contributed by atoms with Gasteiger partial charge in [-0.05, 0) is 18.6 Å². The zero-order valence-corrected chi connectivity index (χ0v) is 19.1. The molecular weight excluding hydrogens is 362 g/mol. The Hall–Kier alpha value is -1.71. The lowest BCUT2D eigenvalue weighted by molar-refractivity contribution is 0.0597. The van der Waals surface area contributed by atoms with Crippen LogP contribution in [-0.4, -0.2) is 26.7 Å². The van der Waals surface area contributed by atoms with E-state index in [1.54, 1.807) is 13.2 Å². The summed E-state index contributed by atoms with van der Waals surface area (Å²) in [5.41, 5.74) is 1.43. The standard InChI is InChI=1S/C25H43NO3/c1-4-5-6-7-8-9-10-11-12-13-14-15-16-17-20-26-22-18-19-23(25(27)29-3)24(21-22)28-2/h18-19,21,26H,4-17,20H2,1-3H3. The van der Waals surface area contributed by atoms with Crippen LogP contribution in [0.3, 0.4) is 0 Å². The molecule has 0 spiro atoms. The van der Waals surface area contributed by atoms with Crippen molar-refractivity contribution in [3.05, 3.63) is 23.8 Å². The van der Waals surface area contributed by atoms with Gasteiger partial charge in [-0.1, -0.05) is 90.4 Å². The van der Waals surface area contributed by atoms with Gasteiger partial charge in [0.1, 0.15) is 11.3 Å². The SMILES string of the molecule is CCCCCCCCCCCCCCCCNc1ccc(C(=O)OC)c(OC)c1. The highest BCUT2D eigenvalue weighted by Gasteiger charge is 2.12. The molecule has 0 atom stereocenters. The van der Waals surface area contributed by atoms with Crippen LogP contribution in [0.15, 0.2) is 18.2 Å². The van der Waals surface area contributed by atoms with E-state index in [0.29, 0.717) is 11.3 Å². The number of hydrogen-bond donors (Lipinski definition) is 1. The van der Waals surface area contributed by atoms with Crippen LogP contribution in [0.25, 0.3) is 0 Å². The summed E-state index contributed by atoms with van der Waals surface area (Å²) in [5, 5.41) is 3.41. The normalized spacial score (nSPS) is 10.7. The highest BCUT2D eigenvalue weighted by Crippen LogP contribution is 2.24. The van der Waals surface area contributed by atoms with E-state index in [1.165, 1.54) is 97.0 Å². The minimum Gasteiger partial charge on any atom is -0.496 e. The number of nitrogens with one attached hydrogen (secondary N) is 1. The lowest BCUT2D eigenvalue weighted by atomic mass is 10.0. The van der Waals surface area contributed by atoms with Crippen LogP contribution in [0.1, 0.15) is 107 Å². The van der Waals surface area contributed by atoms with E-state index in [1.807, 2.05) is 12.1 Å². The Balaban J connectivity index is 1.99. The summed E-state index contributed by atoms with van der Waals surface area (Å²) in [5.74, 6) is 0.170. The van der Waals surface area contributed by atoms with E-state index in [9.17, 15) is 4.79 Å². The Morgan fingerprint density at radius 3 is 1.79 bits per heavy atom. The summed E-state index contributed by atoms with van der Waals surface area (Å²) in [6, 6.07) is 5.51. The number of hydrogen-bond acceptors (Lipinski definition) is 4. The molecule has 0 heterocycles. The van der Waals surface area contributed by atoms with Crippen molar-refractivity contribution in [2.45, 2.75) is 96.8 Å². The summed E-state index contributed by atoms with van der Waals surface area (Å²) in [6.45, 7) is 3.22. The third-order valence-electron chi connectivity index (χ3n) is 5.47. The van der Waals surface area contributed by atoms with Gasteiger partial charge < -0.3 is 14.8 Å². The quantitative estimate of drug-likeness (QED) is 0.204. The second-order valence-electron chi connectivity index (χ2n) is 7.93. The van der Waals surface area contributed by atoms with Gasteiger partial charge in [0.05, 0.1) is 14.2 Å². The molecule has 1 N–H and O–H groups in total. The third-order valence-corrected chi connectivity index (χ3v) is 5.47. The van der Waals surface area contributed by atoms with Crippen LogP contribution >= 0.6 is 0 Å². The van der Waals surface area contributed by atoms with Crippen LogP contribution < -0.4 is 10.1 Å². The number of benzene rings is 1. The predicted octanol–water partition coefficient (Wildman–Crippen LogP) is 7.38. The number of methoxy groups -OCH3 is 2. The number of unbranched alkanes of at least 4 members (excludes halogenated alkanes) is 13. The van der Waals surface area contributed by atoms with E-state index in [-0.39, 0.29) is 5.97 Å². The van der Waals surface area contributed by atoms with Gasteiger partial charge in [-0.3, -0.25) is 0 Å². The highest BCUT2D eigenvalue weighted by atomic mass is 16.5. The van der Waals surface area contributed by atoms with Crippen molar-refractivity contribution in [2.75, 3.05) is 26.1 Å². The van der Waals surface area contributed by atoms with Crippen LogP contribution in [0.2, 0.25) is 0 Å². The molecule has 1 aromatic carbocycles. The average Bonchev–Trinajstić information content (AvgIpc) is 2.75. The van der Waals surface area contributed by atoms with Crippen molar-refractivity contribution in [1.82, 2.24) is 0 Å². The largest absolute Gasteiger partial charge is 0.496 e. The van der Waals surface area contributed by atoms with Gasteiger partial charge in [-0.2, -0.15) is 0 Å². The van der Waals surface area contributed by atoms with Crippen molar-refractivity contribution in [1.29, 1.82) is 0 Å². The minimum atomic E-state index is -0.375. The molecule has 0 aliphatic rings. The molecule has 0 aliphatic carbocycles. The molecule has 1 rings (SSSR count). The summed E-state index contributed by atoms with van der Waals surface area (Å²) in [7, 11) is 2.95. The fourth-order valence-corrected chi connectivity index (χ4v) is 3.63. The van der Waals surface area contributed by atoms with E-state index in [4.69, 9.17) is 9.47 Å². The monoisotopic (exact) mass is 405 g/mol. The third kappa shape index (κ3) is 11.8. The molecule has 4 nitrogen and oxygen atoms in total. The second-order valence-corrected chi connectivity index (χ2v) is 7.93. The van der Waals surface area contributed by atoms with Gasteiger partial charge in [-0.25, -0.2) is 4.79 Å². The van der Waals surface area contributed by atoms with Crippen molar-refractivity contribution in [2.24, 2.45) is 0 Å².